The molecule has 1 aromatic carbocycles. The predicted octanol–water partition coefficient (Wildman–Crippen LogP) is 2.86. The molecule has 0 aliphatic heterocycles. The van der Waals surface area contributed by atoms with Crippen molar-refractivity contribution >= 4 is 5.69 Å². The van der Waals surface area contributed by atoms with Crippen LogP contribution in [0.25, 0.3) is 0 Å². The van der Waals surface area contributed by atoms with Gasteiger partial charge in [-0.25, -0.2) is 0 Å². The highest BCUT2D eigenvalue weighted by atomic mass is 16.5. The number of ether oxygens (including phenoxy) is 1. The molecule has 2 N–H and O–H groups in total. The summed E-state index contributed by atoms with van der Waals surface area (Å²) in [5.74, 6) is 0.928. The first-order chi connectivity index (χ1) is 8.16. The fourth-order valence-corrected chi connectivity index (χ4v) is 1.75. The number of hydrogen-bond donors (Lipinski definition) is 1. The quantitative estimate of drug-likeness (QED) is 0.878. The predicted molar refractivity (Wildman–Crippen MR) is 68.9 cm³/mol. The van der Waals surface area contributed by atoms with Gasteiger partial charge in [0, 0.05) is 11.9 Å². The molecule has 0 atom stereocenters. The molecular weight excluding hydrogens is 212 g/mol. The zero-order chi connectivity index (χ0) is 12.3. The number of para-hydroxylation sites is 1. The Balaban J connectivity index is 2.13. The van der Waals surface area contributed by atoms with Crippen LogP contribution in [-0.4, -0.2) is 4.98 Å². The normalized spacial score (nSPS) is 10.2. The van der Waals surface area contributed by atoms with Crippen LogP contribution in [0.4, 0.5) is 5.69 Å². The van der Waals surface area contributed by atoms with E-state index in [1.165, 1.54) is 0 Å². The summed E-state index contributed by atoms with van der Waals surface area (Å²) in [7, 11) is 0. The number of anilines is 1. The van der Waals surface area contributed by atoms with Crippen molar-refractivity contribution in [3.05, 3.63) is 53.3 Å². The number of aryl methyl sites for hydroxylation is 2. The molecule has 0 amide bonds. The van der Waals surface area contributed by atoms with Crippen molar-refractivity contribution in [1.29, 1.82) is 0 Å². The Bertz CT molecular complexity index is 503. The highest BCUT2D eigenvalue weighted by molar-refractivity contribution is 5.40. The fourth-order valence-electron chi connectivity index (χ4n) is 1.75. The van der Waals surface area contributed by atoms with E-state index >= 15 is 0 Å². The Labute approximate surface area is 101 Å². The first-order valence-electron chi connectivity index (χ1n) is 5.56. The Morgan fingerprint density at radius 3 is 2.53 bits per heavy atom. The number of hydrogen-bond acceptors (Lipinski definition) is 3. The van der Waals surface area contributed by atoms with E-state index in [0.717, 1.165) is 22.6 Å². The van der Waals surface area contributed by atoms with Crippen LogP contribution in [0.5, 0.6) is 5.75 Å². The average Bonchev–Trinajstić information content (AvgIpc) is 2.28. The highest BCUT2D eigenvalue weighted by Crippen LogP contribution is 2.23. The summed E-state index contributed by atoms with van der Waals surface area (Å²) in [4.78, 5) is 4.21. The minimum absolute atomic E-state index is 0.441. The second-order valence-corrected chi connectivity index (χ2v) is 4.09. The largest absolute Gasteiger partial charge is 0.487 e. The van der Waals surface area contributed by atoms with Crippen LogP contribution in [0.1, 0.15) is 16.8 Å². The van der Waals surface area contributed by atoms with Crippen molar-refractivity contribution in [3.63, 3.8) is 0 Å². The first-order valence-corrected chi connectivity index (χ1v) is 5.56. The smallest absolute Gasteiger partial charge is 0.130 e. The number of benzene rings is 1. The molecule has 0 radical (unpaired) electrons. The third-order valence-corrected chi connectivity index (χ3v) is 2.61. The van der Waals surface area contributed by atoms with Gasteiger partial charge in [0.1, 0.15) is 12.4 Å². The number of pyridine rings is 1. The summed E-state index contributed by atoms with van der Waals surface area (Å²) in [5, 5.41) is 0. The van der Waals surface area contributed by atoms with Crippen LogP contribution in [0, 0.1) is 13.8 Å². The van der Waals surface area contributed by atoms with Gasteiger partial charge in [-0.2, -0.15) is 0 Å². The monoisotopic (exact) mass is 228 g/mol. The summed E-state index contributed by atoms with van der Waals surface area (Å²) >= 11 is 0. The van der Waals surface area contributed by atoms with Gasteiger partial charge in [-0.1, -0.05) is 18.2 Å². The van der Waals surface area contributed by atoms with Crippen molar-refractivity contribution in [2.24, 2.45) is 0 Å². The van der Waals surface area contributed by atoms with Crippen molar-refractivity contribution in [1.82, 2.24) is 4.98 Å². The van der Waals surface area contributed by atoms with Crippen molar-refractivity contribution in [3.8, 4) is 5.75 Å². The lowest BCUT2D eigenvalue weighted by molar-refractivity contribution is 0.297. The summed E-state index contributed by atoms with van der Waals surface area (Å²) in [6.45, 7) is 4.51. The fraction of sp³-hybridized carbons (Fsp3) is 0.214. The minimum atomic E-state index is 0.441. The maximum atomic E-state index is 5.79. The van der Waals surface area contributed by atoms with E-state index in [9.17, 15) is 0 Å². The topological polar surface area (TPSA) is 48.1 Å². The summed E-state index contributed by atoms with van der Waals surface area (Å²) in [6, 6.07) is 9.69. The molecule has 17 heavy (non-hydrogen) atoms. The van der Waals surface area contributed by atoms with E-state index in [4.69, 9.17) is 10.5 Å². The van der Waals surface area contributed by atoms with Crippen LogP contribution < -0.4 is 10.5 Å². The molecule has 3 nitrogen and oxygen atoms in total. The lowest BCUT2D eigenvalue weighted by atomic mass is 10.1. The van der Waals surface area contributed by atoms with E-state index < -0.39 is 0 Å². The van der Waals surface area contributed by atoms with E-state index in [1.54, 1.807) is 12.3 Å². The molecule has 0 unspecified atom stereocenters. The summed E-state index contributed by atoms with van der Waals surface area (Å²) < 4.78 is 5.79. The molecule has 0 fully saturated rings. The second kappa shape index (κ2) is 4.87. The van der Waals surface area contributed by atoms with Gasteiger partial charge in [0.2, 0.25) is 0 Å². The van der Waals surface area contributed by atoms with Gasteiger partial charge < -0.3 is 10.5 Å². The number of rotatable bonds is 3. The maximum Gasteiger partial charge on any atom is 0.130 e. The van der Waals surface area contributed by atoms with Crippen molar-refractivity contribution < 1.29 is 4.74 Å². The summed E-state index contributed by atoms with van der Waals surface area (Å²) in [5.41, 5.74) is 9.51. The van der Waals surface area contributed by atoms with E-state index in [1.807, 2.05) is 38.1 Å². The van der Waals surface area contributed by atoms with Gasteiger partial charge in [-0.05, 0) is 37.1 Å². The molecule has 0 saturated heterocycles. The van der Waals surface area contributed by atoms with Gasteiger partial charge >= 0.3 is 0 Å². The highest BCUT2D eigenvalue weighted by Gasteiger charge is 2.04. The Hall–Kier alpha value is -2.03. The number of nitrogens with zero attached hydrogens (tertiary/aromatic N) is 1. The number of aromatic nitrogens is 1. The van der Waals surface area contributed by atoms with E-state index in [0.29, 0.717) is 12.3 Å². The number of nitrogen functional groups attached to an aromatic ring is 1. The minimum Gasteiger partial charge on any atom is -0.487 e. The molecule has 2 rings (SSSR count). The standard InChI is InChI=1S/C14H16N2O/c1-10-4-3-5-11(2)14(10)17-9-13-8-12(15)6-7-16-13/h3-8H,9H2,1-2H3,(H2,15,16). The zero-order valence-corrected chi connectivity index (χ0v) is 10.1. The molecule has 0 saturated carbocycles. The number of nitrogens with two attached hydrogens (primary N) is 1. The van der Waals surface area contributed by atoms with Gasteiger partial charge in [0.25, 0.3) is 0 Å². The molecule has 1 aromatic heterocycles. The van der Waals surface area contributed by atoms with Crippen LogP contribution >= 0.6 is 0 Å². The van der Waals surface area contributed by atoms with E-state index in [-0.39, 0.29) is 0 Å². The molecule has 1 heterocycles. The average molecular weight is 228 g/mol. The lowest BCUT2D eigenvalue weighted by Crippen LogP contribution is -2.01. The molecular formula is C14H16N2O. The van der Waals surface area contributed by atoms with Gasteiger partial charge in [-0.3, -0.25) is 4.98 Å². The Morgan fingerprint density at radius 2 is 1.88 bits per heavy atom. The second-order valence-electron chi connectivity index (χ2n) is 4.09. The SMILES string of the molecule is Cc1cccc(C)c1OCc1cc(N)ccn1. The van der Waals surface area contributed by atoms with E-state index in [2.05, 4.69) is 4.98 Å². The lowest BCUT2D eigenvalue weighted by Gasteiger charge is -2.11. The van der Waals surface area contributed by atoms with Crippen LogP contribution in [0.15, 0.2) is 36.5 Å². The molecule has 0 bridgehead atoms. The van der Waals surface area contributed by atoms with Gasteiger partial charge in [0.15, 0.2) is 0 Å². The molecule has 0 aliphatic rings. The molecule has 0 spiro atoms. The third kappa shape index (κ3) is 2.75. The van der Waals surface area contributed by atoms with Crippen LogP contribution in [0.3, 0.4) is 0 Å². The maximum absolute atomic E-state index is 5.79. The van der Waals surface area contributed by atoms with Crippen LogP contribution in [0.2, 0.25) is 0 Å². The summed E-state index contributed by atoms with van der Waals surface area (Å²) in [6.07, 6.45) is 1.69. The van der Waals surface area contributed by atoms with Crippen molar-refractivity contribution in [2.45, 2.75) is 20.5 Å². The van der Waals surface area contributed by atoms with Gasteiger partial charge in [-0.15, -0.1) is 0 Å². The molecule has 2 aromatic rings. The van der Waals surface area contributed by atoms with Gasteiger partial charge in [0.05, 0.1) is 5.69 Å². The Morgan fingerprint density at radius 1 is 1.18 bits per heavy atom. The third-order valence-electron chi connectivity index (χ3n) is 2.61. The molecule has 88 valence electrons. The van der Waals surface area contributed by atoms with Crippen molar-refractivity contribution in [2.75, 3.05) is 5.73 Å². The Kier molecular flexibility index (Phi) is 3.28. The molecule has 3 heteroatoms. The van der Waals surface area contributed by atoms with Crippen LogP contribution in [-0.2, 0) is 6.61 Å². The zero-order valence-electron chi connectivity index (χ0n) is 10.1. The molecule has 0 aliphatic carbocycles. The first kappa shape index (κ1) is 11.5.